The maximum Gasteiger partial charge on any atom is 0.135 e. The van der Waals surface area contributed by atoms with E-state index in [9.17, 15) is 4.39 Å². The van der Waals surface area contributed by atoms with E-state index in [2.05, 4.69) is 56.1 Å². The molecule has 0 aliphatic heterocycles. The third-order valence-corrected chi connectivity index (χ3v) is 6.84. The summed E-state index contributed by atoms with van der Waals surface area (Å²) >= 11 is 0. The van der Waals surface area contributed by atoms with Gasteiger partial charge in [0.05, 0.1) is 22.6 Å². The Kier molecular flexibility index (Phi) is 8.49. The van der Waals surface area contributed by atoms with Crippen LogP contribution in [0.15, 0.2) is 73.6 Å². The molecule has 42 heavy (non-hydrogen) atoms. The van der Waals surface area contributed by atoms with Gasteiger partial charge in [0.1, 0.15) is 17.0 Å². The minimum atomic E-state index is -0.305. The van der Waals surface area contributed by atoms with E-state index in [-0.39, 0.29) is 5.82 Å². The molecule has 0 atom stereocenters. The molecule has 9 heteroatoms. The van der Waals surface area contributed by atoms with Gasteiger partial charge in [-0.25, -0.2) is 9.37 Å². The number of hydrogen-bond acceptors (Lipinski definition) is 6. The van der Waals surface area contributed by atoms with E-state index in [1.165, 1.54) is 6.07 Å². The van der Waals surface area contributed by atoms with Crippen molar-refractivity contribution in [2.24, 2.45) is 0 Å². The van der Waals surface area contributed by atoms with Crippen molar-refractivity contribution < 1.29 is 4.39 Å². The Balaban J connectivity index is 1.51. The van der Waals surface area contributed by atoms with Crippen LogP contribution in [0.4, 0.5) is 15.8 Å². The van der Waals surface area contributed by atoms with Crippen molar-refractivity contribution in [2.45, 2.75) is 26.8 Å². The Bertz CT molecular complexity index is 1740. The summed E-state index contributed by atoms with van der Waals surface area (Å²) in [5.74, 6) is -0.305. The third-order valence-electron chi connectivity index (χ3n) is 6.84. The lowest BCUT2D eigenvalue weighted by Crippen LogP contribution is -2.20. The SMILES string of the molecule is C=C/C=C(/c1cc(F)cc(NCCN(C)C)c1)c1cc(-c2n[nH]c3ccc(-c4cncc(NC(C)C)c4)nc23)[nH]c1C. The standard InChI is InChI=1S/C33H37FN8/c1-7-8-27(22-13-24(34)16-25(14-22)36-11-12-42(5)6)28-17-31(38-21(28)4)33-32-30(40-41-33)10-9-29(39-32)23-15-26(19-35-18-23)37-20(2)3/h7-10,13-20,36-38H,1,11-12H2,2-6H3,(H,40,41)/b27-8-. The molecule has 0 saturated carbocycles. The molecular formula is C33H37FN8. The summed E-state index contributed by atoms with van der Waals surface area (Å²) in [7, 11) is 4.02. The minimum absolute atomic E-state index is 0.293. The topological polar surface area (TPSA) is 97.6 Å². The van der Waals surface area contributed by atoms with Crippen LogP contribution in [0.1, 0.15) is 30.7 Å². The van der Waals surface area contributed by atoms with Gasteiger partial charge in [-0.15, -0.1) is 0 Å². The van der Waals surface area contributed by atoms with Crippen LogP contribution in [0, 0.1) is 12.7 Å². The van der Waals surface area contributed by atoms with Crippen molar-refractivity contribution >= 4 is 28.0 Å². The Morgan fingerprint density at radius 3 is 2.69 bits per heavy atom. The van der Waals surface area contributed by atoms with Crippen LogP contribution in [0.5, 0.6) is 0 Å². The summed E-state index contributed by atoms with van der Waals surface area (Å²) in [6.07, 6.45) is 7.25. The second-order valence-corrected chi connectivity index (χ2v) is 10.9. The first-order valence-corrected chi connectivity index (χ1v) is 14.0. The number of aromatic amines is 2. The molecule has 216 valence electrons. The van der Waals surface area contributed by atoms with Crippen molar-refractivity contribution in [3.63, 3.8) is 0 Å². The maximum atomic E-state index is 14.8. The number of anilines is 2. The van der Waals surface area contributed by atoms with E-state index in [0.29, 0.717) is 18.3 Å². The van der Waals surface area contributed by atoms with Gasteiger partial charge in [-0.2, -0.15) is 5.10 Å². The normalized spacial score (nSPS) is 12.0. The van der Waals surface area contributed by atoms with Gasteiger partial charge in [0.2, 0.25) is 0 Å². The number of pyridine rings is 2. The molecule has 0 spiro atoms. The fourth-order valence-electron chi connectivity index (χ4n) is 4.94. The van der Waals surface area contributed by atoms with Gasteiger partial charge >= 0.3 is 0 Å². The van der Waals surface area contributed by atoms with Crippen molar-refractivity contribution in [1.29, 1.82) is 0 Å². The number of fused-ring (bicyclic) bond motifs is 1. The molecule has 0 unspecified atom stereocenters. The fourth-order valence-corrected chi connectivity index (χ4v) is 4.94. The Labute approximate surface area is 245 Å². The number of nitrogens with one attached hydrogen (secondary N) is 4. The van der Waals surface area contributed by atoms with Crippen LogP contribution in [0.2, 0.25) is 0 Å². The molecular weight excluding hydrogens is 527 g/mol. The molecule has 4 aromatic heterocycles. The number of halogens is 1. The maximum absolute atomic E-state index is 14.8. The Morgan fingerprint density at radius 2 is 1.93 bits per heavy atom. The number of benzene rings is 1. The molecule has 0 bridgehead atoms. The predicted molar refractivity (Wildman–Crippen MR) is 171 cm³/mol. The van der Waals surface area contributed by atoms with E-state index >= 15 is 0 Å². The monoisotopic (exact) mass is 564 g/mol. The highest BCUT2D eigenvalue weighted by molar-refractivity contribution is 5.92. The van der Waals surface area contributed by atoms with Crippen LogP contribution < -0.4 is 10.6 Å². The summed E-state index contributed by atoms with van der Waals surface area (Å²) in [5.41, 5.74) is 9.93. The number of allylic oxidation sites excluding steroid dienone is 2. The minimum Gasteiger partial charge on any atom is -0.384 e. The summed E-state index contributed by atoms with van der Waals surface area (Å²) in [6.45, 7) is 11.6. The number of aromatic nitrogens is 5. The van der Waals surface area contributed by atoms with Gasteiger partial charge in [0, 0.05) is 54.0 Å². The van der Waals surface area contributed by atoms with Gasteiger partial charge in [-0.1, -0.05) is 18.7 Å². The van der Waals surface area contributed by atoms with Crippen LogP contribution in [0.25, 0.3) is 39.3 Å². The second-order valence-electron chi connectivity index (χ2n) is 10.9. The molecule has 0 aliphatic carbocycles. The second kappa shape index (κ2) is 12.4. The van der Waals surface area contributed by atoms with Crippen molar-refractivity contribution in [2.75, 3.05) is 37.8 Å². The number of aryl methyl sites for hydroxylation is 1. The lowest BCUT2D eigenvalue weighted by Gasteiger charge is -2.14. The quantitative estimate of drug-likeness (QED) is 0.131. The number of H-pyrrole nitrogens is 2. The van der Waals surface area contributed by atoms with E-state index in [1.54, 1.807) is 12.1 Å². The first kappa shape index (κ1) is 28.8. The number of likely N-dealkylation sites (N-methyl/N-ethyl adjacent to an activating group) is 1. The molecule has 0 saturated heterocycles. The van der Waals surface area contributed by atoms with Crippen LogP contribution >= 0.6 is 0 Å². The molecule has 1 aromatic carbocycles. The number of nitrogens with zero attached hydrogens (tertiary/aromatic N) is 4. The molecule has 5 aromatic rings. The molecule has 5 rings (SSSR count). The van der Waals surface area contributed by atoms with Gasteiger partial charge < -0.3 is 20.5 Å². The molecule has 0 fully saturated rings. The van der Waals surface area contributed by atoms with Crippen molar-refractivity contribution in [1.82, 2.24) is 30.0 Å². The van der Waals surface area contributed by atoms with Gasteiger partial charge in [-0.05, 0) is 88.5 Å². The number of rotatable bonds is 11. The number of hydrogen-bond donors (Lipinski definition) is 4. The molecule has 0 radical (unpaired) electrons. The first-order chi connectivity index (χ1) is 20.2. The highest BCUT2D eigenvalue weighted by Gasteiger charge is 2.18. The summed E-state index contributed by atoms with van der Waals surface area (Å²) in [5, 5.41) is 14.4. The lowest BCUT2D eigenvalue weighted by atomic mass is 9.96. The van der Waals surface area contributed by atoms with Crippen molar-refractivity contribution in [3.8, 4) is 22.6 Å². The zero-order chi connectivity index (χ0) is 29.8. The molecule has 8 nitrogen and oxygen atoms in total. The average molecular weight is 565 g/mol. The highest BCUT2D eigenvalue weighted by atomic mass is 19.1. The molecule has 0 aliphatic rings. The molecule has 0 amide bonds. The summed E-state index contributed by atoms with van der Waals surface area (Å²) in [6, 6.07) is 13.4. The van der Waals surface area contributed by atoms with Gasteiger partial charge in [0.15, 0.2) is 0 Å². The molecule has 4 N–H and O–H groups in total. The van der Waals surface area contributed by atoms with Gasteiger partial charge in [-0.3, -0.25) is 10.1 Å². The van der Waals surface area contributed by atoms with E-state index in [4.69, 9.17) is 4.98 Å². The van der Waals surface area contributed by atoms with Crippen LogP contribution in [0.3, 0.4) is 0 Å². The predicted octanol–water partition coefficient (Wildman–Crippen LogP) is 6.87. The first-order valence-electron chi connectivity index (χ1n) is 14.0. The highest BCUT2D eigenvalue weighted by Crippen LogP contribution is 2.34. The largest absolute Gasteiger partial charge is 0.384 e. The van der Waals surface area contributed by atoms with Crippen LogP contribution in [-0.4, -0.2) is 63.3 Å². The lowest BCUT2D eigenvalue weighted by molar-refractivity contribution is 0.425. The molecule has 4 heterocycles. The van der Waals surface area contributed by atoms with E-state index < -0.39 is 0 Å². The average Bonchev–Trinajstić information content (AvgIpc) is 3.53. The van der Waals surface area contributed by atoms with Crippen LogP contribution in [-0.2, 0) is 0 Å². The zero-order valence-corrected chi connectivity index (χ0v) is 24.7. The van der Waals surface area contributed by atoms with Crippen molar-refractivity contribution in [3.05, 3.63) is 96.2 Å². The zero-order valence-electron chi connectivity index (χ0n) is 24.7. The third kappa shape index (κ3) is 6.42. The smallest absolute Gasteiger partial charge is 0.135 e. The van der Waals surface area contributed by atoms with E-state index in [1.807, 2.05) is 69.8 Å². The summed E-state index contributed by atoms with van der Waals surface area (Å²) in [4.78, 5) is 14.9. The van der Waals surface area contributed by atoms with E-state index in [0.717, 1.165) is 68.3 Å². The summed E-state index contributed by atoms with van der Waals surface area (Å²) < 4.78 is 14.8. The van der Waals surface area contributed by atoms with Gasteiger partial charge in [0.25, 0.3) is 0 Å². The fraction of sp³-hybridized carbons (Fsp3) is 0.242. The Morgan fingerprint density at radius 1 is 1.10 bits per heavy atom. The Hall–Kier alpha value is -4.76.